The summed E-state index contributed by atoms with van der Waals surface area (Å²) in [6, 6.07) is 4.47. The number of nitrogens with zero attached hydrogens (tertiary/aromatic N) is 2. The summed E-state index contributed by atoms with van der Waals surface area (Å²) in [4.78, 5) is 16.4. The molecule has 0 spiro atoms. The summed E-state index contributed by atoms with van der Waals surface area (Å²) in [6.45, 7) is 2.56. The van der Waals surface area contributed by atoms with Gasteiger partial charge in [-0.2, -0.15) is 0 Å². The summed E-state index contributed by atoms with van der Waals surface area (Å²) in [5.74, 6) is -0.598. The van der Waals surface area contributed by atoms with Crippen LogP contribution in [0.25, 0.3) is 0 Å². The monoisotopic (exact) mass is 329 g/mol. The lowest BCUT2D eigenvalue weighted by Crippen LogP contribution is -2.56. The van der Waals surface area contributed by atoms with E-state index in [-0.39, 0.29) is 16.4 Å². The molecule has 1 aliphatic heterocycles. The second-order valence-corrected chi connectivity index (χ2v) is 5.54. The minimum absolute atomic E-state index is 0.0265. The molecule has 0 aliphatic carbocycles. The molecule has 1 saturated heterocycles. The number of rotatable bonds is 2. The molecule has 2 N–H and O–H groups in total. The minimum Gasteiger partial charge on any atom is -0.332 e. The van der Waals surface area contributed by atoms with Crippen LogP contribution in [0, 0.1) is 5.82 Å². The molecule has 1 heterocycles. The van der Waals surface area contributed by atoms with Crippen LogP contribution in [0.5, 0.6) is 0 Å². The van der Waals surface area contributed by atoms with E-state index in [0.29, 0.717) is 18.7 Å². The van der Waals surface area contributed by atoms with E-state index in [1.54, 1.807) is 17.0 Å². The summed E-state index contributed by atoms with van der Waals surface area (Å²) in [5, 5.41) is 0. The van der Waals surface area contributed by atoms with E-state index >= 15 is 0 Å². The molecule has 0 bridgehead atoms. The maximum absolute atomic E-state index is 13.5. The molecule has 1 aromatic rings. The molecule has 1 aliphatic rings. The van der Waals surface area contributed by atoms with Gasteiger partial charge in [0.25, 0.3) is 5.91 Å². The molecular weight excluding hydrogens is 313 g/mol. The van der Waals surface area contributed by atoms with Crippen molar-refractivity contribution in [3.63, 3.8) is 0 Å². The Morgan fingerprint density at radius 2 is 2.26 bits per heavy atom. The first kappa shape index (κ1) is 14.4. The lowest BCUT2D eigenvalue weighted by molar-refractivity contribution is 0.0514. The van der Waals surface area contributed by atoms with Crippen molar-refractivity contribution in [3.05, 3.63) is 34.1 Å². The summed E-state index contributed by atoms with van der Waals surface area (Å²) in [6.07, 6.45) is 0. The predicted octanol–water partition coefficient (Wildman–Crippen LogP) is 1.30. The Morgan fingerprint density at radius 3 is 2.95 bits per heavy atom. The number of halogens is 2. The van der Waals surface area contributed by atoms with Crippen LogP contribution in [0.4, 0.5) is 4.39 Å². The van der Waals surface area contributed by atoms with Gasteiger partial charge in [0.1, 0.15) is 5.82 Å². The summed E-state index contributed by atoms with van der Waals surface area (Å²) in [5.41, 5.74) is 6.08. The molecule has 0 saturated carbocycles. The zero-order valence-electron chi connectivity index (χ0n) is 10.8. The van der Waals surface area contributed by atoms with Crippen LogP contribution in [0.3, 0.4) is 0 Å². The van der Waals surface area contributed by atoms with E-state index in [0.717, 1.165) is 13.1 Å². The van der Waals surface area contributed by atoms with E-state index < -0.39 is 5.82 Å². The zero-order valence-corrected chi connectivity index (χ0v) is 12.4. The van der Waals surface area contributed by atoms with Crippen LogP contribution in [-0.2, 0) is 0 Å². The smallest absolute Gasteiger partial charge is 0.255 e. The quantitative estimate of drug-likeness (QED) is 0.889. The van der Waals surface area contributed by atoms with Gasteiger partial charge in [-0.05, 0) is 35.1 Å². The number of amides is 1. The zero-order chi connectivity index (χ0) is 14.0. The Labute approximate surface area is 120 Å². The number of hydrogen-bond acceptors (Lipinski definition) is 3. The number of likely N-dealkylation sites (N-methyl/N-ethyl adjacent to an activating group) is 1. The SMILES string of the molecule is CN1CCN(C(=O)c2cccc(F)c2Br)C(CN)C1. The highest BCUT2D eigenvalue weighted by Gasteiger charge is 2.29. The van der Waals surface area contributed by atoms with Crippen LogP contribution < -0.4 is 5.73 Å². The van der Waals surface area contributed by atoms with Gasteiger partial charge in [-0.25, -0.2) is 4.39 Å². The van der Waals surface area contributed by atoms with Crippen LogP contribution >= 0.6 is 15.9 Å². The van der Waals surface area contributed by atoms with E-state index in [1.165, 1.54) is 6.07 Å². The molecule has 1 fully saturated rings. The number of benzene rings is 1. The van der Waals surface area contributed by atoms with Gasteiger partial charge in [0.15, 0.2) is 0 Å². The van der Waals surface area contributed by atoms with E-state index in [1.807, 2.05) is 7.05 Å². The average molecular weight is 330 g/mol. The molecular formula is C13H17BrFN3O. The maximum atomic E-state index is 13.5. The fraction of sp³-hybridized carbons (Fsp3) is 0.462. The van der Waals surface area contributed by atoms with Gasteiger partial charge >= 0.3 is 0 Å². The Bertz CT molecular complexity index is 483. The molecule has 19 heavy (non-hydrogen) atoms. The van der Waals surface area contributed by atoms with Gasteiger partial charge in [-0.3, -0.25) is 4.79 Å². The van der Waals surface area contributed by atoms with E-state index in [4.69, 9.17) is 5.73 Å². The van der Waals surface area contributed by atoms with Crippen molar-refractivity contribution in [3.8, 4) is 0 Å². The molecule has 1 atom stereocenters. The highest BCUT2D eigenvalue weighted by molar-refractivity contribution is 9.10. The van der Waals surface area contributed by atoms with E-state index in [2.05, 4.69) is 20.8 Å². The van der Waals surface area contributed by atoms with Crippen molar-refractivity contribution in [1.29, 1.82) is 0 Å². The third-order valence-corrected chi connectivity index (χ3v) is 4.21. The van der Waals surface area contributed by atoms with Crippen molar-refractivity contribution in [2.24, 2.45) is 5.73 Å². The second-order valence-electron chi connectivity index (χ2n) is 4.75. The van der Waals surface area contributed by atoms with Crippen molar-refractivity contribution < 1.29 is 9.18 Å². The Balaban J connectivity index is 2.25. The van der Waals surface area contributed by atoms with Crippen molar-refractivity contribution >= 4 is 21.8 Å². The predicted molar refractivity (Wildman–Crippen MR) is 75.5 cm³/mol. The fourth-order valence-electron chi connectivity index (χ4n) is 2.30. The Kier molecular flexibility index (Phi) is 4.54. The second kappa shape index (κ2) is 5.98. The lowest BCUT2D eigenvalue weighted by Gasteiger charge is -2.39. The van der Waals surface area contributed by atoms with Gasteiger partial charge in [0.2, 0.25) is 0 Å². The number of carbonyl (C=O) groups excluding carboxylic acids is 1. The van der Waals surface area contributed by atoms with Crippen LogP contribution in [0.15, 0.2) is 22.7 Å². The summed E-state index contributed by atoms with van der Waals surface area (Å²) >= 11 is 3.14. The maximum Gasteiger partial charge on any atom is 0.255 e. The molecule has 0 aromatic heterocycles. The van der Waals surface area contributed by atoms with Crippen molar-refractivity contribution in [2.75, 3.05) is 33.2 Å². The third kappa shape index (κ3) is 2.96. The number of carbonyl (C=O) groups is 1. The van der Waals surface area contributed by atoms with Gasteiger partial charge < -0.3 is 15.5 Å². The summed E-state index contributed by atoms with van der Waals surface area (Å²) in [7, 11) is 2.00. The highest BCUT2D eigenvalue weighted by atomic mass is 79.9. The third-order valence-electron chi connectivity index (χ3n) is 3.40. The summed E-state index contributed by atoms with van der Waals surface area (Å²) < 4.78 is 13.7. The number of hydrogen-bond donors (Lipinski definition) is 1. The Morgan fingerprint density at radius 1 is 1.53 bits per heavy atom. The molecule has 4 nitrogen and oxygen atoms in total. The Hall–Kier alpha value is -0.980. The molecule has 104 valence electrons. The lowest BCUT2D eigenvalue weighted by atomic mass is 10.1. The van der Waals surface area contributed by atoms with Gasteiger partial charge in [-0.1, -0.05) is 6.07 Å². The van der Waals surface area contributed by atoms with Gasteiger partial charge in [-0.15, -0.1) is 0 Å². The number of nitrogens with two attached hydrogens (primary N) is 1. The molecule has 1 aromatic carbocycles. The first-order valence-corrected chi connectivity index (χ1v) is 6.97. The molecule has 1 amide bonds. The van der Waals surface area contributed by atoms with Crippen LogP contribution in [0.1, 0.15) is 10.4 Å². The van der Waals surface area contributed by atoms with E-state index in [9.17, 15) is 9.18 Å². The topological polar surface area (TPSA) is 49.6 Å². The minimum atomic E-state index is -0.427. The van der Waals surface area contributed by atoms with Gasteiger partial charge in [0.05, 0.1) is 16.1 Å². The van der Waals surface area contributed by atoms with Crippen molar-refractivity contribution in [2.45, 2.75) is 6.04 Å². The fourth-order valence-corrected chi connectivity index (χ4v) is 2.74. The molecule has 6 heteroatoms. The molecule has 1 unspecified atom stereocenters. The first-order valence-electron chi connectivity index (χ1n) is 6.18. The molecule has 2 rings (SSSR count). The number of piperazine rings is 1. The average Bonchev–Trinajstić information content (AvgIpc) is 2.41. The highest BCUT2D eigenvalue weighted by Crippen LogP contribution is 2.23. The van der Waals surface area contributed by atoms with Crippen LogP contribution in [0.2, 0.25) is 0 Å². The molecule has 0 radical (unpaired) electrons. The standard InChI is InChI=1S/C13H17BrFN3O/c1-17-5-6-18(9(7-16)8-17)13(19)10-3-2-4-11(15)12(10)14/h2-4,9H,5-8,16H2,1H3. The van der Waals surface area contributed by atoms with Gasteiger partial charge in [0, 0.05) is 26.2 Å². The van der Waals surface area contributed by atoms with Crippen LogP contribution in [-0.4, -0.2) is 55.0 Å². The van der Waals surface area contributed by atoms with Crippen molar-refractivity contribution in [1.82, 2.24) is 9.80 Å². The largest absolute Gasteiger partial charge is 0.332 e. The first-order chi connectivity index (χ1) is 9.04. The normalized spacial score (nSPS) is 20.6.